The van der Waals surface area contributed by atoms with Crippen molar-refractivity contribution in [2.24, 2.45) is 17.8 Å². The molecular weight excluding hydrogens is 350 g/mol. The maximum absolute atomic E-state index is 12.7. The van der Waals surface area contributed by atoms with Crippen molar-refractivity contribution in [1.29, 1.82) is 0 Å². The van der Waals surface area contributed by atoms with Crippen LogP contribution in [0.25, 0.3) is 0 Å². The van der Waals surface area contributed by atoms with Crippen LogP contribution in [0.3, 0.4) is 0 Å². The normalized spacial score (nSPS) is 23.7. The fourth-order valence-corrected chi connectivity index (χ4v) is 4.33. The maximum atomic E-state index is 12.7. The van der Waals surface area contributed by atoms with Crippen LogP contribution in [0.15, 0.2) is 42.6 Å². The molecule has 5 nitrogen and oxygen atoms in total. The van der Waals surface area contributed by atoms with Crippen LogP contribution in [0.5, 0.6) is 0 Å². The van der Waals surface area contributed by atoms with E-state index in [-0.39, 0.29) is 17.7 Å². The number of anilines is 2. The average molecular weight is 370 g/mol. The van der Waals surface area contributed by atoms with Crippen LogP contribution in [-0.2, 0) is 4.79 Å². The van der Waals surface area contributed by atoms with Crippen molar-refractivity contribution >= 4 is 34.9 Å². The minimum atomic E-state index is -0.316. The number of rotatable bonds is 4. The Labute approximate surface area is 157 Å². The van der Waals surface area contributed by atoms with Crippen LogP contribution in [0.2, 0.25) is 5.02 Å². The maximum Gasteiger partial charge on any atom is 0.258 e. The summed E-state index contributed by atoms with van der Waals surface area (Å²) in [5.41, 5.74) is 0.951. The minimum Gasteiger partial charge on any atom is -0.325 e. The van der Waals surface area contributed by atoms with Gasteiger partial charge in [-0.05, 0) is 55.4 Å². The second-order valence-corrected chi connectivity index (χ2v) is 7.57. The molecule has 2 aliphatic carbocycles. The summed E-state index contributed by atoms with van der Waals surface area (Å²) < 4.78 is 0. The Morgan fingerprint density at radius 1 is 1.04 bits per heavy atom. The van der Waals surface area contributed by atoms with Gasteiger partial charge in [-0.15, -0.1) is 0 Å². The Hall–Kier alpha value is -2.40. The molecule has 134 valence electrons. The van der Waals surface area contributed by atoms with E-state index in [1.165, 1.54) is 19.0 Å². The summed E-state index contributed by atoms with van der Waals surface area (Å²) in [6.07, 6.45) is 6.01. The highest BCUT2D eigenvalue weighted by Gasteiger charge is 2.43. The molecule has 2 aromatic rings. The molecule has 4 rings (SSSR count). The molecule has 1 aromatic carbocycles. The fourth-order valence-electron chi connectivity index (χ4n) is 4.21. The number of carbonyl (C=O) groups is 2. The molecule has 2 N–H and O–H groups in total. The van der Waals surface area contributed by atoms with E-state index in [2.05, 4.69) is 15.6 Å². The smallest absolute Gasteiger partial charge is 0.258 e. The van der Waals surface area contributed by atoms with Crippen molar-refractivity contribution in [3.63, 3.8) is 0 Å². The van der Waals surface area contributed by atoms with Gasteiger partial charge in [0, 0.05) is 12.1 Å². The number of halogens is 1. The molecule has 6 heteroatoms. The first-order valence-corrected chi connectivity index (χ1v) is 9.31. The molecule has 0 unspecified atom stereocenters. The van der Waals surface area contributed by atoms with Gasteiger partial charge in [0.25, 0.3) is 5.91 Å². The predicted octanol–water partition coefficient (Wildman–Crippen LogP) is 4.36. The zero-order chi connectivity index (χ0) is 18.1. The number of para-hydroxylation sites is 1. The first-order chi connectivity index (χ1) is 12.6. The lowest BCUT2D eigenvalue weighted by Crippen LogP contribution is -2.28. The molecule has 26 heavy (non-hydrogen) atoms. The number of benzene rings is 1. The molecular formula is C20H20ClN3O2. The molecule has 0 aliphatic heterocycles. The van der Waals surface area contributed by atoms with Crippen molar-refractivity contribution in [2.45, 2.75) is 25.7 Å². The van der Waals surface area contributed by atoms with Crippen molar-refractivity contribution in [3.8, 4) is 0 Å². The van der Waals surface area contributed by atoms with Crippen LogP contribution in [0, 0.1) is 17.8 Å². The molecule has 0 spiro atoms. The van der Waals surface area contributed by atoms with Gasteiger partial charge < -0.3 is 10.6 Å². The second kappa shape index (κ2) is 7.08. The molecule has 0 radical (unpaired) electrons. The van der Waals surface area contributed by atoms with E-state index in [0.29, 0.717) is 33.9 Å². The molecule has 2 bridgehead atoms. The highest BCUT2D eigenvalue weighted by atomic mass is 35.5. The Morgan fingerprint density at radius 3 is 2.58 bits per heavy atom. The summed E-state index contributed by atoms with van der Waals surface area (Å²) in [5.74, 6) is 1.40. The number of fused-ring (bicyclic) bond motifs is 2. The van der Waals surface area contributed by atoms with Crippen LogP contribution in [-0.4, -0.2) is 16.8 Å². The summed E-state index contributed by atoms with van der Waals surface area (Å²) in [4.78, 5) is 29.4. The van der Waals surface area contributed by atoms with E-state index in [0.717, 1.165) is 12.8 Å². The van der Waals surface area contributed by atoms with Gasteiger partial charge >= 0.3 is 0 Å². The van der Waals surface area contributed by atoms with E-state index in [4.69, 9.17) is 11.6 Å². The predicted molar refractivity (Wildman–Crippen MR) is 101 cm³/mol. The molecule has 2 aliphatic rings. The Balaban J connectivity index is 1.48. The molecule has 2 amide bonds. The Morgan fingerprint density at radius 2 is 1.88 bits per heavy atom. The molecule has 1 heterocycles. The summed E-state index contributed by atoms with van der Waals surface area (Å²) in [5, 5.41) is 6.21. The topological polar surface area (TPSA) is 71.1 Å². The van der Waals surface area contributed by atoms with Crippen LogP contribution in [0.1, 0.15) is 36.0 Å². The number of hydrogen-bond donors (Lipinski definition) is 2. The van der Waals surface area contributed by atoms with Crippen molar-refractivity contribution in [1.82, 2.24) is 4.98 Å². The third-order valence-electron chi connectivity index (χ3n) is 5.47. The largest absolute Gasteiger partial charge is 0.325 e. The fraction of sp³-hybridized carbons (Fsp3) is 0.350. The second-order valence-electron chi connectivity index (χ2n) is 7.13. The molecule has 2 saturated carbocycles. The Bertz CT molecular complexity index is 837. The van der Waals surface area contributed by atoms with E-state index in [9.17, 15) is 9.59 Å². The summed E-state index contributed by atoms with van der Waals surface area (Å²) >= 11 is 5.81. The van der Waals surface area contributed by atoms with Crippen molar-refractivity contribution in [3.05, 3.63) is 53.2 Å². The number of nitrogens with one attached hydrogen (secondary N) is 2. The van der Waals surface area contributed by atoms with E-state index < -0.39 is 0 Å². The highest BCUT2D eigenvalue weighted by Crippen LogP contribution is 2.48. The van der Waals surface area contributed by atoms with E-state index in [1.54, 1.807) is 30.3 Å². The highest BCUT2D eigenvalue weighted by molar-refractivity contribution is 6.30. The van der Waals surface area contributed by atoms with Crippen LogP contribution in [0.4, 0.5) is 11.5 Å². The summed E-state index contributed by atoms with van der Waals surface area (Å²) in [6, 6.07) is 10.3. The quantitative estimate of drug-likeness (QED) is 0.841. The van der Waals surface area contributed by atoms with Gasteiger partial charge in [-0.25, -0.2) is 4.98 Å². The van der Waals surface area contributed by atoms with E-state index in [1.807, 2.05) is 6.07 Å². The van der Waals surface area contributed by atoms with Crippen molar-refractivity contribution in [2.75, 3.05) is 10.6 Å². The SMILES string of the molecule is O=C(Nc1ccc(Cl)cn1)c1ccccc1NC(=O)[C@@H]1C[C@H]2CC[C@H]1C2. The molecule has 3 atom stereocenters. The number of carbonyl (C=O) groups excluding carboxylic acids is 2. The monoisotopic (exact) mass is 369 g/mol. The standard InChI is InChI=1S/C20H20ClN3O2/c21-14-7-8-18(22-11-14)24-19(25)15-3-1-2-4-17(15)23-20(26)16-10-12-5-6-13(16)9-12/h1-4,7-8,11-13,16H,5-6,9-10H2,(H,23,26)(H,22,24,25)/t12-,13-,16+/m0/s1. The van der Waals surface area contributed by atoms with Gasteiger partial charge in [-0.1, -0.05) is 30.2 Å². The number of hydrogen-bond acceptors (Lipinski definition) is 3. The lowest BCUT2D eigenvalue weighted by Gasteiger charge is -2.21. The van der Waals surface area contributed by atoms with Gasteiger partial charge in [0.2, 0.25) is 5.91 Å². The number of amides is 2. The minimum absolute atomic E-state index is 0.0297. The zero-order valence-electron chi connectivity index (χ0n) is 14.2. The molecule has 1 aromatic heterocycles. The first kappa shape index (κ1) is 17.0. The summed E-state index contributed by atoms with van der Waals surface area (Å²) in [7, 11) is 0. The Kier molecular flexibility index (Phi) is 4.64. The third kappa shape index (κ3) is 3.44. The number of nitrogens with zero attached hydrogens (tertiary/aromatic N) is 1. The van der Waals surface area contributed by atoms with Crippen LogP contribution < -0.4 is 10.6 Å². The van der Waals surface area contributed by atoms with Gasteiger partial charge in [0.05, 0.1) is 16.3 Å². The summed E-state index contributed by atoms with van der Waals surface area (Å²) in [6.45, 7) is 0. The average Bonchev–Trinajstić information content (AvgIpc) is 3.27. The van der Waals surface area contributed by atoms with Gasteiger partial charge in [0.1, 0.15) is 5.82 Å². The van der Waals surface area contributed by atoms with Gasteiger partial charge in [0.15, 0.2) is 0 Å². The van der Waals surface area contributed by atoms with Gasteiger partial charge in [-0.3, -0.25) is 9.59 Å². The molecule has 2 fully saturated rings. The molecule has 0 saturated heterocycles. The number of aromatic nitrogens is 1. The first-order valence-electron chi connectivity index (χ1n) is 8.93. The number of pyridine rings is 1. The van der Waals surface area contributed by atoms with Gasteiger partial charge in [-0.2, -0.15) is 0 Å². The van der Waals surface area contributed by atoms with Crippen molar-refractivity contribution < 1.29 is 9.59 Å². The van der Waals surface area contributed by atoms with E-state index >= 15 is 0 Å². The third-order valence-corrected chi connectivity index (χ3v) is 5.70. The van der Waals surface area contributed by atoms with Crippen LogP contribution >= 0.6 is 11.6 Å². The zero-order valence-corrected chi connectivity index (χ0v) is 15.0. The lowest BCUT2D eigenvalue weighted by atomic mass is 9.88. The lowest BCUT2D eigenvalue weighted by molar-refractivity contribution is -0.121.